The van der Waals surface area contributed by atoms with Crippen LogP contribution in [-0.4, -0.2) is 81.3 Å². The third kappa shape index (κ3) is 18.9. The van der Waals surface area contributed by atoms with Crippen LogP contribution in [0.3, 0.4) is 0 Å². The van der Waals surface area contributed by atoms with Gasteiger partial charge in [-0.3, -0.25) is 9.59 Å². The number of rotatable bonds is 15. The van der Waals surface area contributed by atoms with Crippen molar-refractivity contribution < 1.29 is 33.7 Å². The van der Waals surface area contributed by atoms with E-state index in [0.717, 1.165) is 0 Å². The van der Waals surface area contributed by atoms with Gasteiger partial charge in [0.2, 0.25) is 11.8 Å². The van der Waals surface area contributed by atoms with Crippen molar-refractivity contribution >= 4 is 17.9 Å². The lowest BCUT2D eigenvalue weighted by Gasteiger charge is -2.19. The molecule has 0 heterocycles. The van der Waals surface area contributed by atoms with E-state index in [1.54, 1.807) is 20.8 Å². The fraction of sp³-hybridized carbons (Fsp3) is 0.833. The molecule has 0 bridgehead atoms. The maximum absolute atomic E-state index is 11.6. The topological polar surface area (TPSA) is 135 Å². The Hall–Kier alpha value is -1.91. The molecular weight excluding hydrogens is 370 g/mol. The number of nitrogens with one attached hydrogen (secondary N) is 3. The van der Waals surface area contributed by atoms with E-state index >= 15 is 0 Å². The van der Waals surface area contributed by atoms with Crippen LogP contribution in [0.4, 0.5) is 4.79 Å². The minimum atomic E-state index is -0.541. The number of hydrogen-bond acceptors (Lipinski definition) is 7. The first-order valence-corrected chi connectivity index (χ1v) is 9.51. The van der Waals surface area contributed by atoms with Crippen molar-refractivity contribution in [2.45, 2.75) is 45.6 Å². The molecule has 0 saturated carbocycles. The Bertz CT molecular complexity index is 453. The largest absolute Gasteiger partial charge is 0.444 e. The van der Waals surface area contributed by atoms with Crippen molar-refractivity contribution in [2.24, 2.45) is 0 Å². The number of amides is 3. The molecule has 0 atom stereocenters. The van der Waals surface area contributed by atoms with Crippen molar-refractivity contribution in [3.8, 4) is 0 Å². The number of ether oxygens (including phenoxy) is 3. The van der Waals surface area contributed by atoms with Crippen LogP contribution in [0.5, 0.6) is 0 Å². The molecule has 0 radical (unpaired) electrons. The van der Waals surface area contributed by atoms with Gasteiger partial charge in [0.05, 0.1) is 26.4 Å². The van der Waals surface area contributed by atoms with Gasteiger partial charge >= 0.3 is 6.09 Å². The lowest BCUT2D eigenvalue weighted by atomic mass is 10.2. The molecule has 0 aliphatic heterocycles. The van der Waals surface area contributed by atoms with Gasteiger partial charge in [-0.15, -0.1) is 0 Å². The molecule has 0 rings (SSSR count). The average molecular weight is 405 g/mol. The van der Waals surface area contributed by atoms with E-state index in [4.69, 9.17) is 19.3 Å². The second kappa shape index (κ2) is 16.1. The van der Waals surface area contributed by atoms with Crippen molar-refractivity contribution in [1.82, 2.24) is 16.0 Å². The zero-order valence-electron chi connectivity index (χ0n) is 17.2. The van der Waals surface area contributed by atoms with Gasteiger partial charge in [-0.05, 0) is 27.2 Å². The maximum atomic E-state index is 11.6. The van der Waals surface area contributed by atoms with Gasteiger partial charge in [-0.25, -0.2) is 4.79 Å². The van der Waals surface area contributed by atoms with Crippen molar-refractivity contribution in [1.29, 1.82) is 0 Å². The molecule has 0 unspecified atom stereocenters. The molecule has 164 valence electrons. The third-order valence-electron chi connectivity index (χ3n) is 3.09. The number of aliphatic hydroxyl groups is 1. The Labute approximate surface area is 166 Å². The van der Waals surface area contributed by atoms with Gasteiger partial charge in [0.1, 0.15) is 5.60 Å². The molecule has 0 aromatic heterocycles. The van der Waals surface area contributed by atoms with Gasteiger partial charge in [-0.2, -0.15) is 0 Å². The van der Waals surface area contributed by atoms with E-state index in [0.29, 0.717) is 52.3 Å². The van der Waals surface area contributed by atoms with Crippen molar-refractivity contribution in [3.05, 3.63) is 0 Å². The molecule has 0 saturated heterocycles. The molecule has 0 aromatic carbocycles. The fourth-order valence-corrected chi connectivity index (χ4v) is 1.85. The number of aliphatic hydroxyl groups excluding tert-OH is 1. The third-order valence-corrected chi connectivity index (χ3v) is 3.09. The zero-order chi connectivity index (χ0) is 21.3. The van der Waals surface area contributed by atoms with Crippen molar-refractivity contribution in [2.75, 3.05) is 52.7 Å². The number of carbonyl (C=O) groups is 3. The summed E-state index contributed by atoms with van der Waals surface area (Å²) in [5.41, 5.74) is -0.541. The van der Waals surface area contributed by atoms with Crippen LogP contribution >= 0.6 is 0 Å². The minimum absolute atomic E-state index is 0.00235. The van der Waals surface area contributed by atoms with Crippen LogP contribution in [-0.2, 0) is 23.8 Å². The van der Waals surface area contributed by atoms with E-state index in [-0.39, 0.29) is 31.4 Å². The Morgan fingerprint density at radius 2 is 1.29 bits per heavy atom. The van der Waals surface area contributed by atoms with Crippen molar-refractivity contribution in [3.63, 3.8) is 0 Å². The highest BCUT2D eigenvalue weighted by Crippen LogP contribution is 2.06. The summed E-state index contributed by atoms with van der Waals surface area (Å²) in [5.74, 6) is -0.270. The predicted molar refractivity (Wildman–Crippen MR) is 103 cm³/mol. The van der Waals surface area contributed by atoms with E-state index in [9.17, 15) is 14.4 Å². The summed E-state index contributed by atoms with van der Waals surface area (Å²) >= 11 is 0. The highest BCUT2D eigenvalue weighted by molar-refractivity contribution is 5.76. The highest BCUT2D eigenvalue weighted by atomic mass is 16.6. The Kier molecular flexibility index (Phi) is 15.0. The quantitative estimate of drug-likeness (QED) is 0.280. The first-order valence-electron chi connectivity index (χ1n) is 9.51. The van der Waals surface area contributed by atoms with Crippen LogP contribution in [0, 0.1) is 0 Å². The lowest BCUT2D eigenvalue weighted by Crippen LogP contribution is -2.34. The summed E-state index contributed by atoms with van der Waals surface area (Å²) in [4.78, 5) is 34.3. The molecule has 28 heavy (non-hydrogen) atoms. The molecule has 4 N–H and O–H groups in total. The Morgan fingerprint density at radius 3 is 1.82 bits per heavy atom. The van der Waals surface area contributed by atoms with Gasteiger partial charge in [0.15, 0.2) is 0 Å². The fourth-order valence-electron chi connectivity index (χ4n) is 1.85. The molecule has 10 nitrogen and oxygen atoms in total. The maximum Gasteiger partial charge on any atom is 0.407 e. The van der Waals surface area contributed by atoms with Gasteiger partial charge < -0.3 is 35.3 Å². The van der Waals surface area contributed by atoms with E-state index in [2.05, 4.69) is 16.0 Å². The van der Waals surface area contributed by atoms with Gasteiger partial charge in [0.25, 0.3) is 0 Å². The second-order valence-corrected chi connectivity index (χ2v) is 6.93. The molecule has 0 aliphatic carbocycles. The monoisotopic (exact) mass is 405 g/mol. The summed E-state index contributed by atoms with van der Waals surface area (Å²) in [6.07, 6.45) is 0.459. The first-order chi connectivity index (χ1) is 13.2. The van der Waals surface area contributed by atoms with E-state index < -0.39 is 11.7 Å². The SMILES string of the molecule is CC(C)(C)OC(=O)NCCOCCC(=O)NCCOCCNC(=O)CCCO. The molecule has 0 aromatic rings. The molecule has 10 heteroatoms. The van der Waals surface area contributed by atoms with E-state index in [1.165, 1.54) is 0 Å². The lowest BCUT2D eigenvalue weighted by molar-refractivity contribution is -0.122. The van der Waals surface area contributed by atoms with Crippen LogP contribution in [0.2, 0.25) is 0 Å². The van der Waals surface area contributed by atoms with Crippen LogP contribution in [0.1, 0.15) is 40.0 Å². The molecule has 0 aliphatic rings. The van der Waals surface area contributed by atoms with E-state index in [1.807, 2.05) is 0 Å². The zero-order valence-corrected chi connectivity index (χ0v) is 17.2. The summed E-state index contributed by atoms with van der Waals surface area (Å²) in [7, 11) is 0. The number of carbonyl (C=O) groups excluding carboxylic acids is 3. The molecule has 0 fully saturated rings. The smallest absolute Gasteiger partial charge is 0.407 e. The van der Waals surface area contributed by atoms with Crippen LogP contribution in [0.25, 0.3) is 0 Å². The summed E-state index contributed by atoms with van der Waals surface area (Å²) in [6, 6.07) is 0. The second-order valence-electron chi connectivity index (χ2n) is 6.93. The molecule has 0 spiro atoms. The molecule has 3 amide bonds. The predicted octanol–water partition coefficient (Wildman–Crippen LogP) is -0.0607. The minimum Gasteiger partial charge on any atom is -0.444 e. The standard InChI is InChI=1S/C18H35N3O7/c1-18(2,3)28-17(25)21-9-14-26-11-6-16(24)20-8-13-27-12-7-19-15(23)5-4-10-22/h22H,4-14H2,1-3H3,(H,19,23)(H,20,24)(H,21,25). The number of hydrogen-bond donors (Lipinski definition) is 4. The average Bonchev–Trinajstić information content (AvgIpc) is 2.60. The molecular formula is C18H35N3O7. The Balaban J connectivity index is 3.40. The summed E-state index contributed by atoms with van der Waals surface area (Å²) in [5, 5.41) is 16.5. The van der Waals surface area contributed by atoms with Gasteiger partial charge in [-0.1, -0.05) is 0 Å². The normalized spacial score (nSPS) is 11.0. The van der Waals surface area contributed by atoms with Crippen LogP contribution < -0.4 is 16.0 Å². The summed E-state index contributed by atoms with van der Waals surface area (Å²) in [6.45, 7) is 7.66. The van der Waals surface area contributed by atoms with Gasteiger partial charge in [0, 0.05) is 39.1 Å². The Morgan fingerprint density at radius 1 is 0.786 bits per heavy atom. The number of alkyl carbamates (subject to hydrolysis) is 1. The highest BCUT2D eigenvalue weighted by Gasteiger charge is 2.15. The summed E-state index contributed by atoms with van der Waals surface area (Å²) < 4.78 is 15.6. The van der Waals surface area contributed by atoms with Crippen LogP contribution in [0.15, 0.2) is 0 Å². The first kappa shape index (κ1) is 26.1.